The van der Waals surface area contributed by atoms with Gasteiger partial charge in [0.15, 0.2) is 0 Å². The van der Waals surface area contributed by atoms with Crippen LogP contribution in [0.3, 0.4) is 0 Å². The summed E-state index contributed by atoms with van der Waals surface area (Å²) in [6, 6.07) is 8.47. The van der Waals surface area contributed by atoms with E-state index in [9.17, 15) is 4.79 Å². The molecule has 1 aromatic rings. The molecule has 0 bridgehead atoms. The van der Waals surface area contributed by atoms with E-state index in [1.807, 2.05) is 12.1 Å². The number of hydrogen-bond acceptors (Lipinski definition) is 3. The highest BCUT2D eigenvalue weighted by Gasteiger charge is 2.29. The van der Waals surface area contributed by atoms with E-state index in [0.29, 0.717) is 5.91 Å². The second-order valence-corrected chi connectivity index (χ2v) is 6.80. The van der Waals surface area contributed by atoms with Gasteiger partial charge in [0.1, 0.15) is 5.75 Å². The number of piperidine rings is 1. The van der Waals surface area contributed by atoms with Crippen LogP contribution in [0, 0.1) is 5.92 Å². The third-order valence-corrected chi connectivity index (χ3v) is 5.28. The van der Waals surface area contributed by atoms with Crippen LogP contribution in [0.5, 0.6) is 5.75 Å². The lowest BCUT2D eigenvalue weighted by Gasteiger charge is -2.33. The van der Waals surface area contributed by atoms with Crippen molar-refractivity contribution in [1.29, 1.82) is 0 Å². The first-order valence-electron chi connectivity index (χ1n) is 8.91. The maximum Gasteiger partial charge on any atom is 0.239 e. The van der Waals surface area contributed by atoms with E-state index in [1.54, 1.807) is 7.11 Å². The van der Waals surface area contributed by atoms with E-state index in [4.69, 9.17) is 4.74 Å². The monoisotopic (exact) mass is 316 g/mol. The second kappa shape index (κ2) is 7.82. The molecular weight excluding hydrogens is 288 g/mol. The fourth-order valence-corrected chi connectivity index (χ4v) is 3.72. The molecule has 0 saturated carbocycles. The van der Waals surface area contributed by atoms with Crippen LogP contribution in [0.2, 0.25) is 0 Å². The molecule has 1 N–H and O–H groups in total. The van der Waals surface area contributed by atoms with Gasteiger partial charge < -0.3 is 15.0 Å². The summed E-state index contributed by atoms with van der Waals surface area (Å²) in [5, 5.41) is 3.32. The topological polar surface area (TPSA) is 41.6 Å². The average Bonchev–Trinajstić information content (AvgIpc) is 3.15. The number of carbonyl (C=O) groups is 1. The summed E-state index contributed by atoms with van der Waals surface area (Å²) >= 11 is 0. The first-order chi connectivity index (χ1) is 11.3. The van der Waals surface area contributed by atoms with Crippen molar-refractivity contribution in [2.45, 2.75) is 44.6 Å². The van der Waals surface area contributed by atoms with Crippen molar-refractivity contribution < 1.29 is 9.53 Å². The van der Waals surface area contributed by atoms with Gasteiger partial charge in [0, 0.05) is 13.1 Å². The minimum Gasteiger partial charge on any atom is -0.497 e. The zero-order chi connectivity index (χ0) is 16.1. The van der Waals surface area contributed by atoms with Gasteiger partial charge in [0.05, 0.1) is 13.2 Å². The molecule has 2 fully saturated rings. The van der Waals surface area contributed by atoms with Crippen LogP contribution in [-0.4, -0.2) is 43.6 Å². The third-order valence-electron chi connectivity index (χ3n) is 5.28. The highest BCUT2D eigenvalue weighted by molar-refractivity contribution is 5.82. The smallest absolute Gasteiger partial charge is 0.239 e. The minimum atomic E-state index is 0.0887. The van der Waals surface area contributed by atoms with E-state index in [-0.39, 0.29) is 6.04 Å². The largest absolute Gasteiger partial charge is 0.497 e. The Kier molecular flexibility index (Phi) is 5.55. The van der Waals surface area contributed by atoms with E-state index < -0.39 is 0 Å². The van der Waals surface area contributed by atoms with Gasteiger partial charge in [-0.25, -0.2) is 0 Å². The molecule has 2 saturated heterocycles. The van der Waals surface area contributed by atoms with Gasteiger partial charge >= 0.3 is 0 Å². The summed E-state index contributed by atoms with van der Waals surface area (Å²) in [5.41, 5.74) is 1.37. The number of amides is 1. The lowest BCUT2D eigenvalue weighted by molar-refractivity contribution is -0.134. The summed E-state index contributed by atoms with van der Waals surface area (Å²) in [5.74, 6) is 2.00. The number of carbonyl (C=O) groups excluding carboxylic acids is 1. The Morgan fingerprint density at radius 3 is 2.57 bits per heavy atom. The molecule has 0 aliphatic carbocycles. The number of ether oxygens (including phenoxy) is 1. The second-order valence-electron chi connectivity index (χ2n) is 6.80. The highest BCUT2D eigenvalue weighted by Crippen LogP contribution is 2.24. The first-order valence-corrected chi connectivity index (χ1v) is 8.91. The van der Waals surface area contributed by atoms with Gasteiger partial charge in [-0.05, 0) is 68.7 Å². The molecule has 23 heavy (non-hydrogen) atoms. The van der Waals surface area contributed by atoms with Gasteiger partial charge in [0.25, 0.3) is 0 Å². The number of methoxy groups -OCH3 is 1. The molecule has 2 aliphatic rings. The van der Waals surface area contributed by atoms with Crippen LogP contribution < -0.4 is 10.1 Å². The Morgan fingerprint density at radius 2 is 1.96 bits per heavy atom. The fourth-order valence-electron chi connectivity index (χ4n) is 3.72. The van der Waals surface area contributed by atoms with Gasteiger partial charge in [-0.1, -0.05) is 12.1 Å². The number of benzene rings is 1. The summed E-state index contributed by atoms with van der Waals surface area (Å²) in [7, 11) is 1.70. The van der Waals surface area contributed by atoms with Crippen molar-refractivity contribution >= 4 is 5.91 Å². The SMILES string of the molecule is COc1ccc(CCC2CCN(C(=O)C3CCCN3)CC2)cc1. The Hall–Kier alpha value is -1.55. The Morgan fingerprint density at radius 1 is 1.22 bits per heavy atom. The van der Waals surface area contributed by atoms with Crippen molar-refractivity contribution in [1.82, 2.24) is 10.2 Å². The Balaban J connectivity index is 1.41. The quantitative estimate of drug-likeness (QED) is 0.908. The van der Waals surface area contributed by atoms with Crippen LogP contribution >= 0.6 is 0 Å². The number of hydrogen-bond donors (Lipinski definition) is 1. The third kappa shape index (κ3) is 4.25. The summed E-state index contributed by atoms with van der Waals surface area (Å²) < 4.78 is 5.20. The fraction of sp³-hybridized carbons (Fsp3) is 0.632. The Bertz CT molecular complexity index is 501. The predicted molar refractivity (Wildman–Crippen MR) is 91.6 cm³/mol. The molecule has 1 aromatic carbocycles. The molecule has 1 unspecified atom stereocenters. The minimum absolute atomic E-state index is 0.0887. The first kappa shape index (κ1) is 16.3. The molecule has 126 valence electrons. The van der Waals surface area contributed by atoms with Crippen LogP contribution in [0.1, 0.15) is 37.7 Å². The lowest BCUT2D eigenvalue weighted by atomic mass is 9.90. The molecule has 4 nitrogen and oxygen atoms in total. The lowest BCUT2D eigenvalue weighted by Crippen LogP contribution is -2.47. The zero-order valence-electron chi connectivity index (χ0n) is 14.1. The van der Waals surface area contributed by atoms with Crippen molar-refractivity contribution in [2.24, 2.45) is 5.92 Å². The molecule has 0 radical (unpaired) electrons. The molecule has 2 aliphatic heterocycles. The zero-order valence-corrected chi connectivity index (χ0v) is 14.1. The van der Waals surface area contributed by atoms with Crippen LogP contribution in [0.4, 0.5) is 0 Å². The van der Waals surface area contributed by atoms with Crippen LogP contribution in [-0.2, 0) is 11.2 Å². The number of aryl methyl sites for hydroxylation is 1. The molecule has 0 aromatic heterocycles. The van der Waals surface area contributed by atoms with E-state index in [0.717, 1.165) is 63.4 Å². The number of nitrogens with one attached hydrogen (secondary N) is 1. The van der Waals surface area contributed by atoms with Crippen molar-refractivity contribution in [3.8, 4) is 5.75 Å². The normalized spacial score (nSPS) is 22.3. The molecule has 4 heteroatoms. The standard InChI is InChI=1S/C19H28N2O2/c1-23-17-8-6-15(7-9-17)4-5-16-10-13-21(14-11-16)19(22)18-3-2-12-20-18/h6-9,16,18,20H,2-5,10-14H2,1H3. The van der Waals surface area contributed by atoms with Crippen LogP contribution in [0.15, 0.2) is 24.3 Å². The molecular formula is C19H28N2O2. The Labute approximate surface area is 139 Å². The van der Waals surface area contributed by atoms with E-state index in [2.05, 4.69) is 22.3 Å². The highest BCUT2D eigenvalue weighted by atomic mass is 16.5. The number of nitrogens with zero attached hydrogens (tertiary/aromatic N) is 1. The molecule has 2 heterocycles. The van der Waals surface area contributed by atoms with Crippen molar-refractivity contribution in [3.63, 3.8) is 0 Å². The predicted octanol–water partition coefficient (Wildman–Crippen LogP) is 2.62. The molecule has 1 atom stereocenters. The van der Waals surface area contributed by atoms with E-state index in [1.165, 1.54) is 12.0 Å². The average molecular weight is 316 g/mol. The molecule has 3 rings (SSSR count). The van der Waals surface area contributed by atoms with Gasteiger partial charge in [-0.3, -0.25) is 4.79 Å². The van der Waals surface area contributed by atoms with E-state index >= 15 is 0 Å². The van der Waals surface area contributed by atoms with Crippen molar-refractivity contribution in [2.75, 3.05) is 26.7 Å². The van der Waals surface area contributed by atoms with Gasteiger partial charge in [-0.2, -0.15) is 0 Å². The van der Waals surface area contributed by atoms with Crippen molar-refractivity contribution in [3.05, 3.63) is 29.8 Å². The maximum atomic E-state index is 12.4. The molecule has 0 spiro atoms. The summed E-state index contributed by atoms with van der Waals surface area (Å²) in [4.78, 5) is 14.5. The van der Waals surface area contributed by atoms with Gasteiger partial charge in [-0.15, -0.1) is 0 Å². The summed E-state index contributed by atoms with van der Waals surface area (Å²) in [6.45, 7) is 2.86. The van der Waals surface area contributed by atoms with Crippen LogP contribution in [0.25, 0.3) is 0 Å². The summed E-state index contributed by atoms with van der Waals surface area (Å²) in [6.07, 6.45) is 6.77. The maximum absolute atomic E-state index is 12.4. The van der Waals surface area contributed by atoms with Gasteiger partial charge in [0.2, 0.25) is 5.91 Å². The molecule has 1 amide bonds. The number of likely N-dealkylation sites (tertiary alicyclic amines) is 1. The number of rotatable bonds is 5.